The van der Waals surface area contributed by atoms with E-state index >= 15 is 0 Å². The summed E-state index contributed by atoms with van der Waals surface area (Å²) in [5.74, 6) is 0.240. The lowest BCUT2D eigenvalue weighted by Gasteiger charge is -2.03. The van der Waals surface area contributed by atoms with Crippen LogP contribution in [-0.2, 0) is 0 Å². The quantitative estimate of drug-likeness (QED) is 0.546. The van der Waals surface area contributed by atoms with Crippen molar-refractivity contribution in [1.29, 1.82) is 0 Å². The normalized spacial score (nSPS) is 11.3. The Bertz CT molecular complexity index is 271. The molecule has 1 aromatic rings. The van der Waals surface area contributed by atoms with Gasteiger partial charge in [0.2, 0.25) is 0 Å². The summed E-state index contributed by atoms with van der Waals surface area (Å²) < 4.78 is 11.7. The average molecular weight is 181 g/mol. The van der Waals surface area contributed by atoms with Gasteiger partial charge in [-0.05, 0) is 12.1 Å². The van der Waals surface area contributed by atoms with E-state index < -0.39 is 6.67 Å². The van der Waals surface area contributed by atoms with E-state index in [1.54, 1.807) is 0 Å². The fourth-order valence-electron chi connectivity index (χ4n) is 0.872. The van der Waals surface area contributed by atoms with Gasteiger partial charge >= 0.3 is 0 Å². The Morgan fingerprint density at radius 3 is 2.69 bits per heavy atom. The number of anilines is 1. The van der Waals surface area contributed by atoms with E-state index in [1.165, 1.54) is 0 Å². The van der Waals surface area contributed by atoms with Crippen LogP contribution in [0.2, 0.25) is 0 Å². The molecule has 1 rings (SSSR count). The van der Waals surface area contributed by atoms with Crippen molar-refractivity contribution >= 4 is 11.6 Å². The van der Waals surface area contributed by atoms with Crippen LogP contribution in [0.15, 0.2) is 35.3 Å². The molecule has 0 atom stereocenters. The van der Waals surface area contributed by atoms with Crippen LogP contribution in [0.3, 0.4) is 0 Å². The van der Waals surface area contributed by atoms with Gasteiger partial charge in [0.25, 0.3) is 0 Å². The molecule has 0 fully saturated rings. The van der Waals surface area contributed by atoms with E-state index in [4.69, 9.17) is 5.73 Å². The second-order valence-corrected chi connectivity index (χ2v) is 2.45. The smallest absolute Gasteiger partial charge is 0.193 e. The fourth-order valence-corrected chi connectivity index (χ4v) is 0.872. The number of benzene rings is 1. The van der Waals surface area contributed by atoms with Crippen LogP contribution >= 0.6 is 0 Å². The lowest BCUT2D eigenvalue weighted by molar-refractivity contribution is 0.505. The zero-order chi connectivity index (χ0) is 9.52. The van der Waals surface area contributed by atoms with Crippen molar-refractivity contribution in [1.82, 2.24) is 0 Å². The summed E-state index contributed by atoms with van der Waals surface area (Å²) in [7, 11) is 0. The van der Waals surface area contributed by atoms with E-state index in [1.807, 2.05) is 30.3 Å². The number of nitrogens with two attached hydrogens (primary N) is 1. The van der Waals surface area contributed by atoms with Crippen LogP contribution in [0, 0.1) is 0 Å². The number of hydrogen-bond donors (Lipinski definition) is 2. The largest absolute Gasteiger partial charge is 0.370 e. The zero-order valence-electron chi connectivity index (χ0n) is 7.20. The van der Waals surface area contributed by atoms with E-state index in [-0.39, 0.29) is 12.5 Å². The first kappa shape index (κ1) is 9.51. The first-order valence-corrected chi connectivity index (χ1v) is 4.01. The number of guanidine groups is 1. The highest BCUT2D eigenvalue weighted by atomic mass is 19.1. The fraction of sp³-hybridized carbons (Fsp3) is 0.222. The molecule has 70 valence electrons. The predicted octanol–water partition coefficient (Wildman–Crippen LogP) is 1.38. The van der Waals surface area contributed by atoms with Gasteiger partial charge in [-0.1, -0.05) is 18.2 Å². The molecular formula is C9H12FN3. The third-order valence-electron chi connectivity index (χ3n) is 1.41. The summed E-state index contributed by atoms with van der Waals surface area (Å²) in [5.41, 5.74) is 6.31. The number of nitrogens with zero attached hydrogens (tertiary/aromatic N) is 1. The maximum Gasteiger partial charge on any atom is 0.193 e. The van der Waals surface area contributed by atoms with Crippen molar-refractivity contribution in [2.24, 2.45) is 10.7 Å². The molecule has 0 aliphatic heterocycles. The Hall–Kier alpha value is -1.58. The molecule has 0 aliphatic rings. The number of rotatable bonds is 3. The van der Waals surface area contributed by atoms with Gasteiger partial charge in [0.1, 0.15) is 6.67 Å². The van der Waals surface area contributed by atoms with Crippen molar-refractivity contribution < 1.29 is 4.39 Å². The lowest BCUT2D eigenvalue weighted by Crippen LogP contribution is -2.22. The number of aliphatic imine (C=N–C) groups is 1. The highest BCUT2D eigenvalue weighted by Gasteiger charge is 1.91. The van der Waals surface area contributed by atoms with Crippen molar-refractivity contribution in [2.75, 3.05) is 18.5 Å². The SMILES string of the molecule is NC(=NCCF)Nc1ccccc1. The Kier molecular flexibility index (Phi) is 3.75. The molecule has 0 aromatic heterocycles. The van der Waals surface area contributed by atoms with Gasteiger partial charge in [-0.2, -0.15) is 0 Å². The Morgan fingerprint density at radius 2 is 2.08 bits per heavy atom. The van der Waals surface area contributed by atoms with E-state index in [0.29, 0.717) is 0 Å². The molecule has 0 bridgehead atoms. The average Bonchev–Trinajstić information content (AvgIpc) is 2.16. The zero-order valence-corrected chi connectivity index (χ0v) is 7.20. The molecular weight excluding hydrogens is 169 g/mol. The Balaban J connectivity index is 2.50. The number of hydrogen-bond acceptors (Lipinski definition) is 1. The van der Waals surface area contributed by atoms with Gasteiger partial charge in [-0.3, -0.25) is 4.99 Å². The summed E-state index contributed by atoms with van der Waals surface area (Å²) in [4.78, 5) is 3.75. The molecule has 0 radical (unpaired) electrons. The van der Waals surface area contributed by atoms with Gasteiger partial charge in [0.05, 0.1) is 6.54 Å². The second-order valence-electron chi connectivity index (χ2n) is 2.45. The summed E-state index contributed by atoms with van der Waals surface area (Å²) in [6.45, 7) is -0.386. The first-order chi connectivity index (χ1) is 6.33. The van der Waals surface area contributed by atoms with Gasteiger partial charge in [0, 0.05) is 5.69 Å². The van der Waals surface area contributed by atoms with Gasteiger partial charge in [0.15, 0.2) is 5.96 Å². The highest BCUT2D eigenvalue weighted by Crippen LogP contribution is 2.03. The molecule has 0 saturated heterocycles. The molecule has 0 saturated carbocycles. The van der Waals surface area contributed by atoms with Crippen molar-refractivity contribution in [3.05, 3.63) is 30.3 Å². The molecule has 13 heavy (non-hydrogen) atoms. The minimum absolute atomic E-state index is 0.103. The van der Waals surface area contributed by atoms with Crippen LogP contribution in [0.25, 0.3) is 0 Å². The van der Waals surface area contributed by atoms with Gasteiger partial charge in [-0.25, -0.2) is 4.39 Å². The standard InChI is InChI=1S/C9H12FN3/c10-6-7-12-9(11)13-8-4-2-1-3-5-8/h1-5H,6-7H2,(H3,11,12,13). The van der Waals surface area contributed by atoms with Crippen LogP contribution in [0.4, 0.5) is 10.1 Å². The van der Waals surface area contributed by atoms with Crippen molar-refractivity contribution in [2.45, 2.75) is 0 Å². The van der Waals surface area contributed by atoms with Crippen molar-refractivity contribution in [3.63, 3.8) is 0 Å². The minimum Gasteiger partial charge on any atom is -0.370 e. The molecule has 3 N–H and O–H groups in total. The maximum absolute atomic E-state index is 11.7. The summed E-state index contributed by atoms with van der Waals surface area (Å²) in [5, 5.41) is 2.84. The minimum atomic E-state index is -0.489. The number of halogens is 1. The summed E-state index contributed by atoms with van der Waals surface area (Å²) >= 11 is 0. The molecule has 0 aliphatic carbocycles. The van der Waals surface area contributed by atoms with Gasteiger partial charge in [-0.15, -0.1) is 0 Å². The van der Waals surface area contributed by atoms with E-state index in [2.05, 4.69) is 10.3 Å². The Labute approximate surface area is 76.5 Å². The second kappa shape index (κ2) is 5.13. The van der Waals surface area contributed by atoms with Crippen LogP contribution < -0.4 is 11.1 Å². The number of nitrogens with one attached hydrogen (secondary N) is 1. The van der Waals surface area contributed by atoms with E-state index in [9.17, 15) is 4.39 Å². The first-order valence-electron chi connectivity index (χ1n) is 4.01. The summed E-state index contributed by atoms with van der Waals surface area (Å²) in [6.07, 6.45) is 0. The molecule has 0 unspecified atom stereocenters. The monoisotopic (exact) mass is 181 g/mol. The molecule has 4 heteroatoms. The number of para-hydroxylation sites is 1. The summed E-state index contributed by atoms with van der Waals surface area (Å²) in [6, 6.07) is 9.38. The highest BCUT2D eigenvalue weighted by molar-refractivity contribution is 5.92. The molecule has 0 amide bonds. The molecule has 0 spiro atoms. The molecule has 1 aromatic carbocycles. The van der Waals surface area contributed by atoms with E-state index in [0.717, 1.165) is 5.69 Å². The maximum atomic E-state index is 11.7. The van der Waals surface area contributed by atoms with Crippen LogP contribution in [-0.4, -0.2) is 19.2 Å². The van der Waals surface area contributed by atoms with Gasteiger partial charge < -0.3 is 11.1 Å². The predicted molar refractivity (Wildman–Crippen MR) is 52.5 cm³/mol. The number of alkyl halides is 1. The van der Waals surface area contributed by atoms with Crippen LogP contribution in [0.1, 0.15) is 0 Å². The third-order valence-corrected chi connectivity index (χ3v) is 1.41. The van der Waals surface area contributed by atoms with Crippen molar-refractivity contribution in [3.8, 4) is 0 Å². The Morgan fingerprint density at radius 1 is 1.38 bits per heavy atom. The topological polar surface area (TPSA) is 50.4 Å². The third kappa shape index (κ3) is 3.55. The molecule has 3 nitrogen and oxygen atoms in total. The molecule has 0 heterocycles. The van der Waals surface area contributed by atoms with Crippen LogP contribution in [0.5, 0.6) is 0 Å². The lowest BCUT2D eigenvalue weighted by atomic mass is 10.3.